The minimum atomic E-state index is -0.793. The fourth-order valence-corrected chi connectivity index (χ4v) is 1.63. The molecule has 0 aliphatic carbocycles. The molecule has 1 aromatic carbocycles. The number of carbonyl (C=O) groups is 2. The van der Waals surface area contributed by atoms with Crippen molar-refractivity contribution in [1.29, 1.82) is 0 Å². The average molecular weight is 297 g/mol. The molecule has 1 aromatic rings. The molecule has 0 atom stereocenters. The van der Waals surface area contributed by atoms with Gasteiger partial charge < -0.3 is 10.6 Å². The van der Waals surface area contributed by atoms with E-state index in [0.29, 0.717) is 0 Å². The predicted molar refractivity (Wildman–Crippen MR) is 73.3 cm³/mol. The van der Waals surface area contributed by atoms with Gasteiger partial charge in [0.2, 0.25) is 5.91 Å². The molecule has 0 aliphatic heterocycles. The third kappa shape index (κ3) is 5.17. The van der Waals surface area contributed by atoms with Gasteiger partial charge in [0.25, 0.3) is 11.6 Å². The van der Waals surface area contributed by atoms with Crippen LogP contribution in [-0.2, 0) is 4.79 Å². The Bertz CT molecular complexity index is 560. The van der Waals surface area contributed by atoms with Crippen molar-refractivity contribution in [2.75, 3.05) is 6.54 Å². The van der Waals surface area contributed by atoms with Crippen molar-refractivity contribution in [2.45, 2.75) is 26.3 Å². The second-order valence-electron chi connectivity index (χ2n) is 4.65. The lowest BCUT2D eigenvalue weighted by Gasteiger charge is -2.09. The van der Waals surface area contributed by atoms with Gasteiger partial charge in [-0.15, -0.1) is 0 Å². The van der Waals surface area contributed by atoms with E-state index in [1.54, 1.807) is 13.8 Å². The van der Waals surface area contributed by atoms with Crippen LogP contribution in [-0.4, -0.2) is 29.3 Å². The second kappa shape index (κ2) is 7.32. The molecule has 7 nitrogen and oxygen atoms in total. The van der Waals surface area contributed by atoms with Gasteiger partial charge in [0.15, 0.2) is 0 Å². The van der Waals surface area contributed by atoms with Crippen LogP contribution >= 0.6 is 0 Å². The van der Waals surface area contributed by atoms with Crippen LogP contribution in [0.1, 0.15) is 30.6 Å². The Morgan fingerprint density at radius 3 is 2.62 bits per heavy atom. The minimum absolute atomic E-state index is 0.00501. The molecule has 0 aromatic heterocycles. The number of nitrogens with one attached hydrogen (secondary N) is 2. The summed E-state index contributed by atoms with van der Waals surface area (Å²) < 4.78 is 13.1. The molecule has 0 unspecified atom stereocenters. The lowest BCUT2D eigenvalue weighted by molar-refractivity contribution is -0.385. The fourth-order valence-electron chi connectivity index (χ4n) is 1.63. The van der Waals surface area contributed by atoms with Crippen molar-refractivity contribution in [3.63, 3.8) is 0 Å². The highest BCUT2D eigenvalue weighted by Gasteiger charge is 2.20. The number of halogens is 1. The van der Waals surface area contributed by atoms with E-state index in [1.165, 1.54) is 0 Å². The molecule has 0 spiro atoms. The number of nitro groups is 1. The summed E-state index contributed by atoms with van der Waals surface area (Å²) in [6.07, 6.45) is 0.0348. The van der Waals surface area contributed by atoms with E-state index < -0.39 is 22.3 Å². The second-order valence-corrected chi connectivity index (χ2v) is 4.65. The van der Waals surface area contributed by atoms with Crippen LogP contribution in [0.3, 0.4) is 0 Å². The van der Waals surface area contributed by atoms with Crippen LogP contribution in [0.2, 0.25) is 0 Å². The highest BCUT2D eigenvalue weighted by molar-refractivity contribution is 5.98. The standard InChI is InChI=1S/C13H16FN3O4/c1-8(2)16-12(18)5-6-15-13(19)10-7-9(14)3-4-11(10)17(20)21/h3-4,7-8H,5-6H2,1-2H3,(H,15,19)(H,16,18). The molecule has 1 rings (SSSR count). The summed E-state index contributed by atoms with van der Waals surface area (Å²) in [5, 5.41) is 15.8. The van der Waals surface area contributed by atoms with Crippen LogP contribution in [0.4, 0.5) is 10.1 Å². The van der Waals surface area contributed by atoms with Gasteiger partial charge in [0, 0.05) is 25.1 Å². The molecule has 0 bridgehead atoms. The number of nitrogens with zero attached hydrogens (tertiary/aromatic N) is 1. The van der Waals surface area contributed by atoms with Crippen LogP contribution in [0.5, 0.6) is 0 Å². The quantitative estimate of drug-likeness (QED) is 0.611. The molecule has 2 amide bonds. The molecular weight excluding hydrogens is 281 g/mol. The van der Waals surface area contributed by atoms with Crippen molar-refractivity contribution in [3.05, 3.63) is 39.7 Å². The first kappa shape index (κ1) is 16.5. The monoisotopic (exact) mass is 297 g/mol. The number of nitro benzene ring substituents is 1. The maximum Gasteiger partial charge on any atom is 0.282 e. The van der Waals surface area contributed by atoms with Crippen LogP contribution < -0.4 is 10.6 Å². The first-order valence-corrected chi connectivity index (χ1v) is 6.32. The molecule has 0 radical (unpaired) electrons. The molecule has 0 saturated heterocycles. The third-order valence-corrected chi connectivity index (χ3v) is 2.49. The Morgan fingerprint density at radius 1 is 1.38 bits per heavy atom. The number of carbonyl (C=O) groups excluding carboxylic acids is 2. The van der Waals surface area contributed by atoms with Gasteiger partial charge >= 0.3 is 0 Å². The molecule has 0 fully saturated rings. The summed E-state index contributed by atoms with van der Waals surface area (Å²) in [5.74, 6) is -1.79. The van der Waals surface area contributed by atoms with E-state index in [0.717, 1.165) is 18.2 Å². The van der Waals surface area contributed by atoms with Gasteiger partial charge in [0.1, 0.15) is 11.4 Å². The van der Waals surface area contributed by atoms with E-state index >= 15 is 0 Å². The summed E-state index contributed by atoms with van der Waals surface area (Å²) in [6.45, 7) is 3.60. The van der Waals surface area contributed by atoms with E-state index in [9.17, 15) is 24.1 Å². The number of hydrogen-bond donors (Lipinski definition) is 2. The van der Waals surface area contributed by atoms with Crippen LogP contribution in [0.15, 0.2) is 18.2 Å². The molecule has 2 N–H and O–H groups in total. The summed E-state index contributed by atoms with van der Waals surface area (Å²) >= 11 is 0. The molecular formula is C13H16FN3O4. The van der Waals surface area contributed by atoms with Gasteiger partial charge in [-0.3, -0.25) is 19.7 Å². The van der Waals surface area contributed by atoms with Gasteiger partial charge in [-0.2, -0.15) is 0 Å². The summed E-state index contributed by atoms with van der Waals surface area (Å²) in [5.41, 5.74) is -0.857. The van der Waals surface area contributed by atoms with Gasteiger partial charge in [-0.05, 0) is 26.0 Å². The SMILES string of the molecule is CC(C)NC(=O)CCNC(=O)c1cc(F)ccc1[N+](=O)[O-]. The fraction of sp³-hybridized carbons (Fsp3) is 0.385. The van der Waals surface area contributed by atoms with Crippen LogP contribution in [0.25, 0.3) is 0 Å². The van der Waals surface area contributed by atoms with Gasteiger partial charge in [-0.25, -0.2) is 4.39 Å². The molecule has 0 aliphatic rings. The van der Waals surface area contributed by atoms with E-state index in [2.05, 4.69) is 10.6 Å². The molecule has 114 valence electrons. The van der Waals surface area contributed by atoms with E-state index in [1.807, 2.05) is 0 Å². The Hall–Kier alpha value is -2.51. The van der Waals surface area contributed by atoms with Crippen LogP contribution in [0, 0.1) is 15.9 Å². The first-order valence-electron chi connectivity index (χ1n) is 6.32. The lowest BCUT2D eigenvalue weighted by atomic mass is 10.1. The number of amides is 2. The van der Waals surface area contributed by atoms with Gasteiger partial charge in [-0.1, -0.05) is 0 Å². The molecule has 21 heavy (non-hydrogen) atoms. The van der Waals surface area contributed by atoms with Crippen molar-refractivity contribution in [2.24, 2.45) is 0 Å². The minimum Gasteiger partial charge on any atom is -0.354 e. The predicted octanol–water partition coefficient (Wildman–Crippen LogP) is 1.38. The molecule has 0 heterocycles. The zero-order chi connectivity index (χ0) is 16.0. The van der Waals surface area contributed by atoms with Crippen molar-refractivity contribution in [3.8, 4) is 0 Å². The lowest BCUT2D eigenvalue weighted by Crippen LogP contribution is -2.34. The number of rotatable bonds is 6. The summed E-state index contributed by atoms with van der Waals surface area (Å²) in [4.78, 5) is 33.2. The van der Waals surface area contributed by atoms with Gasteiger partial charge in [0.05, 0.1) is 4.92 Å². The summed E-state index contributed by atoms with van der Waals surface area (Å²) in [7, 11) is 0. The Morgan fingerprint density at radius 2 is 2.05 bits per heavy atom. The molecule has 8 heteroatoms. The summed E-state index contributed by atoms with van der Waals surface area (Å²) in [6, 6.07) is 2.61. The first-order chi connectivity index (χ1) is 9.81. The number of hydrogen-bond acceptors (Lipinski definition) is 4. The Balaban J connectivity index is 2.66. The zero-order valence-corrected chi connectivity index (χ0v) is 11.7. The number of benzene rings is 1. The van der Waals surface area contributed by atoms with Crippen molar-refractivity contribution < 1.29 is 18.9 Å². The smallest absolute Gasteiger partial charge is 0.282 e. The topological polar surface area (TPSA) is 101 Å². The maximum atomic E-state index is 13.1. The normalized spacial score (nSPS) is 10.3. The molecule has 0 saturated carbocycles. The largest absolute Gasteiger partial charge is 0.354 e. The Kier molecular flexibility index (Phi) is 5.77. The van der Waals surface area contributed by atoms with Crippen molar-refractivity contribution >= 4 is 17.5 Å². The van der Waals surface area contributed by atoms with E-state index in [-0.39, 0.29) is 30.5 Å². The zero-order valence-electron chi connectivity index (χ0n) is 11.7. The van der Waals surface area contributed by atoms with Crippen molar-refractivity contribution in [1.82, 2.24) is 10.6 Å². The average Bonchev–Trinajstić information content (AvgIpc) is 2.37. The highest BCUT2D eigenvalue weighted by atomic mass is 19.1. The maximum absolute atomic E-state index is 13.1. The third-order valence-electron chi connectivity index (χ3n) is 2.49. The van der Waals surface area contributed by atoms with E-state index in [4.69, 9.17) is 0 Å². The Labute approximate surface area is 120 Å². The highest BCUT2D eigenvalue weighted by Crippen LogP contribution is 2.19.